The van der Waals surface area contributed by atoms with E-state index in [4.69, 9.17) is 9.47 Å². The van der Waals surface area contributed by atoms with Crippen molar-refractivity contribution in [1.82, 2.24) is 4.90 Å². The lowest BCUT2D eigenvalue weighted by Crippen LogP contribution is -2.43. The summed E-state index contributed by atoms with van der Waals surface area (Å²) in [7, 11) is 0. The molecule has 1 aliphatic rings. The molecule has 1 atom stereocenters. The van der Waals surface area contributed by atoms with E-state index in [1.54, 1.807) is 18.7 Å². The number of hydrogen-bond donors (Lipinski definition) is 1. The van der Waals surface area contributed by atoms with E-state index in [0.29, 0.717) is 43.2 Å². The average Bonchev–Trinajstić information content (AvgIpc) is 3.37. The molecule has 1 fully saturated rings. The highest BCUT2D eigenvalue weighted by atomic mass is 32.2. The van der Waals surface area contributed by atoms with Crippen molar-refractivity contribution in [2.75, 3.05) is 42.3 Å². The lowest BCUT2D eigenvalue weighted by molar-refractivity contribution is -0.145. The number of rotatable bonds is 15. The first-order valence-corrected chi connectivity index (χ1v) is 17.5. The molecule has 8 nitrogen and oxygen atoms in total. The van der Waals surface area contributed by atoms with Gasteiger partial charge in [0.1, 0.15) is 5.75 Å². The van der Waals surface area contributed by atoms with E-state index in [-0.39, 0.29) is 41.2 Å². The number of anilines is 2. The number of nitrogens with one attached hydrogen (secondary N) is 1. The van der Waals surface area contributed by atoms with Gasteiger partial charge < -0.3 is 24.6 Å². The standard InChI is InChI=1S/C36H53N3O5S/c1-9-20-44-32-18-15-28(23-31(32)38(24-25(5)6)33(40)27(10-2)11-3)30(34(41)43-12-4)22-26-13-16-29(17-14-26)37-35(42)39-19-21-45-36(39,7)8/h13-18,23,25,27,30H,9-12,19-22,24H2,1-8H3,(H,37,42). The number of carbonyl (C=O) groups is 3. The van der Waals surface area contributed by atoms with Crippen molar-refractivity contribution in [2.24, 2.45) is 11.8 Å². The molecule has 3 amide bonds. The molecule has 1 unspecified atom stereocenters. The Morgan fingerprint density at radius 3 is 2.27 bits per heavy atom. The quantitative estimate of drug-likeness (QED) is 0.198. The maximum Gasteiger partial charge on any atom is 0.322 e. The van der Waals surface area contributed by atoms with Gasteiger partial charge in [0, 0.05) is 30.4 Å². The summed E-state index contributed by atoms with van der Waals surface area (Å²) >= 11 is 1.77. The van der Waals surface area contributed by atoms with Gasteiger partial charge in [-0.15, -0.1) is 11.8 Å². The number of nitrogens with zero attached hydrogens (tertiary/aromatic N) is 2. The molecule has 2 aromatic rings. The molecule has 1 saturated heterocycles. The van der Waals surface area contributed by atoms with Crippen molar-refractivity contribution < 1.29 is 23.9 Å². The highest BCUT2D eigenvalue weighted by Crippen LogP contribution is 2.37. The number of urea groups is 1. The van der Waals surface area contributed by atoms with E-state index in [9.17, 15) is 14.4 Å². The van der Waals surface area contributed by atoms with E-state index >= 15 is 0 Å². The van der Waals surface area contributed by atoms with Gasteiger partial charge in [-0.25, -0.2) is 4.79 Å². The second kappa shape index (κ2) is 16.9. The van der Waals surface area contributed by atoms with E-state index < -0.39 is 5.92 Å². The summed E-state index contributed by atoms with van der Waals surface area (Å²) < 4.78 is 11.7. The fourth-order valence-corrected chi connectivity index (χ4v) is 6.74. The van der Waals surface area contributed by atoms with Crippen molar-refractivity contribution in [3.05, 3.63) is 53.6 Å². The summed E-state index contributed by atoms with van der Waals surface area (Å²) in [4.78, 5) is 43.7. The van der Waals surface area contributed by atoms with Gasteiger partial charge in [-0.1, -0.05) is 52.8 Å². The van der Waals surface area contributed by atoms with Crippen LogP contribution in [0.3, 0.4) is 0 Å². The summed E-state index contributed by atoms with van der Waals surface area (Å²) in [5.41, 5.74) is 3.10. The highest BCUT2D eigenvalue weighted by Gasteiger charge is 2.36. The second-order valence-corrected chi connectivity index (χ2v) is 14.2. The first kappa shape index (κ1) is 36.3. The zero-order valence-corrected chi connectivity index (χ0v) is 29.3. The Bertz CT molecular complexity index is 1280. The van der Waals surface area contributed by atoms with Crippen LogP contribution in [0.4, 0.5) is 16.2 Å². The number of ether oxygens (including phenoxy) is 2. The van der Waals surface area contributed by atoms with Crippen molar-refractivity contribution in [1.29, 1.82) is 0 Å². The van der Waals surface area contributed by atoms with Gasteiger partial charge in [-0.05, 0) is 87.8 Å². The highest BCUT2D eigenvalue weighted by molar-refractivity contribution is 8.00. The van der Waals surface area contributed by atoms with Gasteiger partial charge in [0.2, 0.25) is 5.91 Å². The van der Waals surface area contributed by atoms with Crippen LogP contribution in [-0.2, 0) is 20.7 Å². The average molecular weight is 640 g/mol. The third-order valence-electron chi connectivity index (χ3n) is 8.17. The van der Waals surface area contributed by atoms with Gasteiger partial charge in [-0.3, -0.25) is 9.59 Å². The van der Waals surface area contributed by atoms with Gasteiger partial charge in [0.05, 0.1) is 29.7 Å². The molecule has 0 radical (unpaired) electrons. The molecule has 45 heavy (non-hydrogen) atoms. The van der Waals surface area contributed by atoms with Crippen LogP contribution in [0.1, 0.15) is 91.7 Å². The maximum absolute atomic E-state index is 13.8. The molecular formula is C36H53N3O5S. The Hall–Kier alpha value is -3.20. The SMILES string of the molecule is CCCOc1ccc(C(Cc2ccc(NC(=O)N3CCSC3(C)C)cc2)C(=O)OCC)cc1N(CC(C)C)C(=O)C(CC)CC. The molecule has 1 N–H and O–H groups in total. The number of thioether (sulfide) groups is 1. The monoisotopic (exact) mass is 639 g/mol. The molecule has 1 aliphatic heterocycles. The normalized spacial score (nSPS) is 14.8. The van der Waals surface area contributed by atoms with Gasteiger partial charge >= 0.3 is 12.0 Å². The number of amides is 3. The van der Waals surface area contributed by atoms with Crippen LogP contribution in [0, 0.1) is 11.8 Å². The lowest BCUT2D eigenvalue weighted by Gasteiger charge is -2.31. The molecule has 9 heteroatoms. The first-order chi connectivity index (χ1) is 21.4. The van der Waals surface area contributed by atoms with Crippen LogP contribution >= 0.6 is 11.8 Å². The Balaban J connectivity index is 1.95. The minimum Gasteiger partial charge on any atom is -0.491 e. The fourth-order valence-electron chi connectivity index (χ4n) is 5.64. The van der Waals surface area contributed by atoms with Crippen molar-refractivity contribution >= 4 is 41.0 Å². The Morgan fingerprint density at radius 1 is 1.02 bits per heavy atom. The summed E-state index contributed by atoms with van der Waals surface area (Å²) in [6.07, 6.45) is 2.75. The summed E-state index contributed by atoms with van der Waals surface area (Å²) in [5.74, 6) is 0.872. The van der Waals surface area contributed by atoms with Crippen LogP contribution in [-0.4, -0.2) is 59.7 Å². The number of hydrogen-bond acceptors (Lipinski definition) is 6. The van der Waals surface area contributed by atoms with E-state index in [2.05, 4.69) is 39.9 Å². The summed E-state index contributed by atoms with van der Waals surface area (Å²) in [5, 5.41) is 3.01. The van der Waals surface area contributed by atoms with E-state index in [0.717, 1.165) is 36.1 Å². The predicted molar refractivity (Wildman–Crippen MR) is 185 cm³/mol. The zero-order valence-electron chi connectivity index (χ0n) is 28.5. The van der Waals surface area contributed by atoms with Crippen molar-refractivity contribution in [3.63, 3.8) is 0 Å². The van der Waals surface area contributed by atoms with Gasteiger partial charge in [0.15, 0.2) is 0 Å². The van der Waals surface area contributed by atoms with Crippen LogP contribution in [0.5, 0.6) is 5.75 Å². The van der Waals surface area contributed by atoms with Crippen molar-refractivity contribution in [3.8, 4) is 5.75 Å². The minimum absolute atomic E-state index is 0.0773. The third kappa shape index (κ3) is 9.65. The van der Waals surface area contributed by atoms with Crippen LogP contribution < -0.4 is 15.0 Å². The van der Waals surface area contributed by atoms with Crippen LogP contribution in [0.2, 0.25) is 0 Å². The second-order valence-electron chi connectivity index (χ2n) is 12.5. The molecule has 0 aromatic heterocycles. The molecule has 2 aromatic carbocycles. The molecule has 0 aliphatic carbocycles. The minimum atomic E-state index is -0.587. The molecule has 0 saturated carbocycles. The van der Waals surface area contributed by atoms with E-state index in [1.807, 2.05) is 66.1 Å². The number of carbonyl (C=O) groups excluding carboxylic acids is 3. The molecule has 0 spiro atoms. The number of benzene rings is 2. The van der Waals surface area contributed by atoms with Crippen LogP contribution in [0.15, 0.2) is 42.5 Å². The smallest absolute Gasteiger partial charge is 0.322 e. The summed E-state index contributed by atoms with van der Waals surface area (Å²) in [6.45, 7) is 18.3. The first-order valence-electron chi connectivity index (χ1n) is 16.5. The molecule has 0 bridgehead atoms. The number of esters is 1. The fraction of sp³-hybridized carbons (Fsp3) is 0.583. The van der Waals surface area contributed by atoms with Crippen molar-refractivity contribution in [2.45, 2.75) is 91.9 Å². The Morgan fingerprint density at radius 2 is 1.71 bits per heavy atom. The molecular weight excluding hydrogens is 586 g/mol. The summed E-state index contributed by atoms with van der Waals surface area (Å²) in [6, 6.07) is 13.2. The largest absolute Gasteiger partial charge is 0.491 e. The molecule has 248 valence electrons. The lowest BCUT2D eigenvalue weighted by atomic mass is 9.91. The van der Waals surface area contributed by atoms with Gasteiger partial charge in [0.25, 0.3) is 0 Å². The molecule has 1 heterocycles. The third-order valence-corrected chi connectivity index (χ3v) is 9.48. The zero-order chi connectivity index (χ0) is 33.1. The molecule has 3 rings (SSSR count). The van der Waals surface area contributed by atoms with Gasteiger partial charge in [-0.2, -0.15) is 0 Å². The Labute approximate surface area is 274 Å². The van der Waals surface area contributed by atoms with Crippen LogP contribution in [0.25, 0.3) is 0 Å². The van der Waals surface area contributed by atoms with E-state index in [1.165, 1.54) is 0 Å². The Kier molecular flexibility index (Phi) is 13.6. The predicted octanol–water partition coefficient (Wildman–Crippen LogP) is 8.11. The maximum atomic E-state index is 13.8. The topological polar surface area (TPSA) is 88.2 Å².